The summed E-state index contributed by atoms with van der Waals surface area (Å²) in [6.45, 7) is 0. The first-order valence-electron chi connectivity index (χ1n) is 6.56. The zero-order valence-corrected chi connectivity index (χ0v) is 12.0. The lowest BCUT2D eigenvalue weighted by Crippen LogP contribution is -2.19. The molecule has 0 spiro atoms. The monoisotopic (exact) mass is 300 g/mol. The average molecular weight is 300 g/mol. The number of phenolic OH excluding ortho intramolecular Hbond substituents is 2. The topological polar surface area (TPSA) is 91.2 Å². The van der Waals surface area contributed by atoms with Gasteiger partial charge in [-0.1, -0.05) is 18.2 Å². The molecule has 2 rings (SSSR count). The number of amides is 1. The van der Waals surface area contributed by atoms with Crippen molar-refractivity contribution in [3.63, 3.8) is 0 Å². The van der Waals surface area contributed by atoms with E-state index < -0.39 is 0 Å². The smallest absolute Gasteiger partial charge is 0.244 e. The third-order valence-electron chi connectivity index (χ3n) is 2.92. The van der Waals surface area contributed by atoms with Crippen molar-refractivity contribution in [3.8, 4) is 17.2 Å². The van der Waals surface area contributed by atoms with Crippen LogP contribution in [0.2, 0.25) is 0 Å². The highest BCUT2D eigenvalue weighted by Gasteiger charge is 2.06. The number of nitrogens with one attached hydrogen (secondary N) is 1. The first kappa shape index (κ1) is 15.4. The molecule has 0 saturated heterocycles. The minimum absolute atomic E-state index is 0.00494. The van der Waals surface area contributed by atoms with Gasteiger partial charge in [-0.3, -0.25) is 4.79 Å². The van der Waals surface area contributed by atoms with Gasteiger partial charge in [-0.05, 0) is 29.8 Å². The Hall–Kier alpha value is -3.02. The zero-order valence-electron chi connectivity index (χ0n) is 12.0. The fourth-order valence-electron chi connectivity index (χ4n) is 1.90. The molecule has 3 N–H and O–H groups in total. The quantitative estimate of drug-likeness (QED) is 0.580. The van der Waals surface area contributed by atoms with Crippen LogP contribution in [0.5, 0.6) is 17.2 Å². The van der Waals surface area contributed by atoms with Crippen LogP contribution in [0, 0.1) is 0 Å². The second kappa shape index (κ2) is 7.12. The van der Waals surface area contributed by atoms with Crippen molar-refractivity contribution in [2.24, 2.45) is 5.10 Å². The second-order valence-electron chi connectivity index (χ2n) is 4.53. The molecule has 0 aliphatic heterocycles. The van der Waals surface area contributed by atoms with E-state index in [1.54, 1.807) is 24.3 Å². The maximum Gasteiger partial charge on any atom is 0.244 e. The van der Waals surface area contributed by atoms with Gasteiger partial charge in [-0.15, -0.1) is 0 Å². The van der Waals surface area contributed by atoms with Crippen molar-refractivity contribution in [3.05, 3.63) is 53.6 Å². The fourth-order valence-corrected chi connectivity index (χ4v) is 1.90. The minimum Gasteiger partial charge on any atom is -0.508 e. The van der Waals surface area contributed by atoms with Gasteiger partial charge in [-0.2, -0.15) is 5.10 Å². The summed E-state index contributed by atoms with van der Waals surface area (Å²) in [5.41, 5.74) is 3.41. The molecule has 0 atom stereocenters. The van der Waals surface area contributed by atoms with E-state index >= 15 is 0 Å². The van der Waals surface area contributed by atoms with Crippen LogP contribution in [0.3, 0.4) is 0 Å². The molecule has 114 valence electrons. The van der Waals surface area contributed by atoms with Crippen molar-refractivity contribution in [2.45, 2.75) is 6.42 Å². The van der Waals surface area contributed by atoms with Gasteiger partial charge in [0.25, 0.3) is 0 Å². The number of carbonyl (C=O) groups excluding carboxylic acids is 1. The number of rotatable bonds is 5. The SMILES string of the molecule is COc1cccc(O)c1/C=N/NC(=O)Cc1cccc(O)c1. The van der Waals surface area contributed by atoms with Gasteiger partial charge in [-0.25, -0.2) is 5.43 Å². The number of hydrogen-bond acceptors (Lipinski definition) is 5. The Bertz CT molecular complexity index is 698. The highest BCUT2D eigenvalue weighted by Crippen LogP contribution is 2.24. The van der Waals surface area contributed by atoms with Crippen molar-refractivity contribution < 1.29 is 19.7 Å². The summed E-state index contributed by atoms with van der Waals surface area (Å²) in [5.74, 6) is 0.222. The number of methoxy groups -OCH3 is 1. The van der Waals surface area contributed by atoms with Gasteiger partial charge in [0.05, 0.1) is 25.3 Å². The normalized spacial score (nSPS) is 10.6. The molecule has 22 heavy (non-hydrogen) atoms. The average Bonchev–Trinajstić information content (AvgIpc) is 2.48. The predicted octanol–water partition coefficient (Wildman–Crippen LogP) is 1.80. The van der Waals surface area contributed by atoms with E-state index in [2.05, 4.69) is 10.5 Å². The van der Waals surface area contributed by atoms with E-state index in [1.807, 2.05) is 0 Å². The van der Waals surface area contributed by atoms with Crippen LogP contribution in [0.25, 0.3) is 0 Å². The number of phenols is 2. The molecule has 1 amide bonds. The molecular weight excluding hydrogens is 284 g/mol. The zero-order chi connectivity index (χ0) is 15.9. The molecular formula is C16H16N2O4. The van der Waals surface area contributed by atoms with Crippen LogP contribution < -0.4 is 10.2 Å². The Kier molecular flexibility index (Phi) is 4.98. The van der Waals surface area contributed by atoms with Gasteiger partial charge in [0.1, 0.15) is 17.2 Å². The first-order chi connectivity index (χ1) is 10.6. The highest BCUT2D eigenvalue weighted by atomic mass is 16.5. The van der Waals surface area contributed by atoms with Crippen LogP contribution in [0.15, 0.2) is 47.6 Å². The van der Waals surface area contributed by atoms with Crippen molar-refractivity contribution in [2.75, 3.05) is 7.11 Å². The van der Waals surface area contributed by atoms with E-state index in [0.29, 0.717) is 16.9 Å². The number of nitrogens with zero attached hydrogens (tertiary/aromatic N) is 1. The number of hydrazone groups is 1. The maximum atomic E-state index is 11.8. The van der Waals surface area contributed by atoms with E-state index in [9.17, 15) is 15.0 Å². The summed E-state index contributed by atoms with van der Waals surface area (Å²) in [5, 5.41) is 22.9. The van der Waals surface area contributed by atoms with Crippen molar-refractivity contribution in [1.82, 2.24) is 5.43 Å². The standard InChI is InChI=1S/C16H16N2O4/c1-22-15-7-3-6-14(20)13(15)10-17-18-16(21)9-11-4-2-5-12(19)8-11/h2-8,10,19-20H,9H2,1H3,(H,18,21)/b17-10+. The van der Waals surface area contributed by atoms with Crippen LogP contribution >= 0.6 is 0 Å². The molecule has 0 unspecified atom stereocenters. The molecule has 2 aromatic carbocycles. The van der Waals surface area contributed by atoms with Gasteiger partial charge in [0.15, 0.2) is 0 Å². The van der Waals surface area contributed by atoms with E-state index in [4.69, 9.17) is 4.74 Å². The molecule has 0 heterocycles. The molecule has 0 radical (unpaired) electrons. The van der Waals surface area contributed by atoms with Crippen LogP contribution in [0.1, 0.15) is 11.1 Å². The second-order valence-corrected chi connectivity index (χ2v) is 4.53. The molecule has 6 heteroatoms. The number of aromatic hydroxyl groups is 2. The predicted molar refractivity (Wildman–Crippen MR) is 82.2 cm³/mol. The van der Waals surface area contributed by atoms with E-state index in [1.165, 1.54) is 31.5 Å². The molecule has 0 saturated carbocycles. The number of hydrogen-bond donors (Lipinski definition) is 3. The molecule has 2 aromatic rings. The first-order valence-corrected chi connectivity index (χ1v) is 6.56. The van der Waals surface area contributed by atoms with Crippen LogP contribution in [0.4, 0.5) is 0 Å². The number of carbonyl (C=O) groups is 1. The lowest BCUT2D eigenvalue weighted by Gasteiger charge is -2.06. The molecule has 6 nitrogen and oxygen atoms in total. The van der Waals surface area contributed by atoms with Gasteiger partial charge in [0.2, 0.25) is 5.91 Å². The van der Waals surface area contributed by atoms with Crippen molar-refractivity contribution >= 4 is 12.1 Å². The van der Waals surface area contributed by atoms with Gasteiger partial charge < -0.3 is 14.9 Å². The Morgan fingerprint density at radius 2 is 2.05 bits per heavy atom. The lowest BCUT2D eigenvalue weighted by atomic mass is 10.1. The Balaban J connectivity index is 1.99. The minimum atomic E-state index is -0.337. The molecule has 0 fully saturated rings. The fraction of sp³-hybridized carbons (Fsp3) is 0.125. The third-order valence-corrected chi connectivity index (χ3v) is 2.92. The summed E-state index contributed by atoms with van der Waals surface area (Å²) in [4.78, 5) is 11.8. The highest BCUT2D eigenvalue weighted by molar-refractivity contribution is 5.88. The molecule has 0 aliphatic rings. The summed E-state index contributed by atoms with van der Waals surface area (Å²) < 4.78 is 5.10. The molecule has 0 aliphatic carbocycles. The van der Waals surface area contributed by atoms with Gasteiger partial charge >= 0.3 is 0 Å². The Morgan fingerprint density at radius 1 is 1.27 bits per heavy atom. The maximum absolute atomic E-state index is 11.8. The Morgan fingerprint density at radius 3 is 2.77 bits per heavy atom. The summed E-state index contributed by atoms with van der Waals surface area (Å²) in [6.07, 6.45) is 1.40. The third kappa shape index (κ3) is 3.99. The summed E-state index contributed by atoms with van der Waals surface area (Å²) >= 11 is 0. The largest absolute Gasteiger partial charge is 0.508 e. The van der Waals surface area contributed by atoms with Crippen LogP contribution in [-0.4, -0.2) is 29.4 Å². The van der Waals surface area contributed by atoms with E-state index in [0.717, 1.165) is 0 Å². The van der Waals surface area contributed by atoms with Gasteiger partial charge in [0, 0.05) is 0 Å². The Labute approximate surface area is 127 Å². The number of benzene rings is 2. The summed E-state index contributed by atoms with van der Waals surface area (Å²) in [6, 6.07) is 11.3. The van der Waals surface area contributed by atoms with Crippen molar-refractivity contribution in [1.29, 1.82) is 0 Å². The van der Waals surface area contributed by atoms with Crippen LogP contribution in [-0.2, 0) is 11.2 Å². The number of ether oxygens (including phenoxy) is 1. The summed E-state index contributed by atoms with van der Waals surface area (Å²) in [7, 11) is 1.48. The molecule has 0 aromatic heterocycles. The lowest BCUT2D eigenvalue weighted by molar-refractivity contribution is -0.120. The molecule has 0 bridgehead atoms. The van der Waals surface area contributed by atoms with E-state index in [-0.39, 0.29) is 23.8 Å².